The minimum Gasteiger partial charge on any atom is -0.497 e. The maximum absolute atomic E-state index is 14.1. The average molecular weight is 799 g/mol. The van der Waals surface area contributed by atoms with Crippen molar-refractivity contribution in [3.05, 3.63) is 107 Å². The van der Waals surface area contributed by atoms with E-state index in [0.29, 0.717) is 100 Å². The first-order chi connectivity index (χ1) is 28.8. The van der Waals surface area contributed by atoms with E-state index in [2.05, 4.69) is 27.1 Å². The highest BCUT2D eigenvalue weighted by molar-refractivity contribution is 6.04. The van der Waals surface area contributed by atoms with Gasteiger partial charge in [-0.05, 0) is 79.5 Å². The number of nitrogens with zero attached hydrogens (tertiary/aromatic N) is 9. The molecule has 59 heavy (non-hydrogen) atoms. The van der Waals surface area contributed by atoms with E-state index in [9.17, 15) is 9.59 Å². The van der Waals surface area contributed by atoms with Crippen LogP contribution in [0.3, 0.4) is 0 Å². The fourth-order valence-electron chi connectivity index (χ4n) is 7.60. The normalized spacial score (nSPS) is 15.5. The molecule has 3 aliphatic heterocycles. The van der Waals surface area contributed by atoms with Crippen LogP contribution in [0.15, 0.2) is 79.1 Å². The molecular formula is C44H50N10O5. The van der Waals surface area contributed by atoms with Gasteiger partial charge in [0.2, 0.25) is 11.9 Å². The molecule has 0 radical (unpaired) electrons. The standard InChI is InChI=1S/C44H50N10O5/c1-30-25-33(41(55)51-19-17-50(2)18-20-51)9-14-38(30)47-44(56)54-16-15-37-39(48-43(49-40(37)54)52-21-23-59-24-22-52)34-26-45-42(46-27-34)53(28-31-5-10-35(57-3)11-6-31)29-32-7-12-36(58-4)13-8-32/h5-14,25-27H,15-24,28-29H2,1-4H3,(H,47,56). The van der Waals surface area contributed by atoms with Gasteiger partial charge in [0.15, 0.2) is 0 Å². The van der Waals surface area contributed by atoms with Crippen molar-refractivity contribution in [2.24, 2.45) is 0 Å². The number of carbonyl (C=O) groups excluding carboxylic acids is 2. The van der Waals surface area contributed by atoms with Crippen LogP contribution in [0.4, 0.5) is 28.2 Å². The van der Waals surface area contributed by atoms with Crippen LogP contribution in [0, 0.1) is 6.92 Å². The van der Waals surface area contributed by atoms with Crippen molar-refractivity contribution in [3.63, 3.8) is 0 Å². The van der Waals surface area contributed by atoms with Gasteiger partial charge in [-0.2, -0.15) is 4.98 Å². The van der Waals surface area contributed by atoms with E-state index in [1.54, 1.807) is 37.6 Å². The summed E-state index contributed by atoms with van der Waals surface area (Å²) < 4.78 is 16.4. The lowest BCUT2D eigenvalue weighted by Crippen LogP contribution is -2.47. The van der Waals surface area contributed by atoms with Gasteiger partial charge in [-0.3, -0.25) is 9.69 Å². The Morgan fingerprint density at radius 3 is 2.02 bits per heavy atom. The molecule has 0 spiro atoms. The van der Waals surface area contributed by atoms with Crippen LogP contribution >= 0.6 is 0 Å². The number of urea groups is 1. The second-order valence-corrected chi connectivity index (χ2v) is 15.1. The maximum Gasteiger partial charge on any atom is 0.327 e. The number of methoxy groups -OCH3 is 2. The van der Waals surface area contributed by atoms with Gasteiger partial charge >= 0.3 is 6.03 Å². The molecule has 5 aromatic rings. The van der Waals surface area contributed by atoms with Crippen molar-refractivity contribution in [2.75, 3.05) is 100 Å². The number of aromatic nitrogens is 4. The predicted molar refractivity (Wildman–Crippen MR) is 227 cm³/mol. The number of amides is 3. The van der Waals surface area contributed by atoms with E-state index in [4.69, 9.17) is 34.1 Å². The predicted octanol–water partition coefficient (Wildman–Crippen LogP) is 5.28. The Labute approximate surface area is 344 Å². The molecule has 3 aromatic carbocycles. The molecule has 15 heteroatoms. The Morgan fingerprint density at radius 2 is 1.42 bits per heavy atom. The molecule has 3 aliphatic rings. The van der Waals surface area contributed by atoms with E-state index in [1.165, 1.54) is 0 Å². The molecular weight excluding hydrogens is 749 g/mol. The monoisotopic (exact) mass is 798 g/mol. The van der Waals surface area contributed by atoms with E-state index in [-0.39, 0.29) is 11.9 Å². The SMILES string of the molecule is COc1ccc(CN(Cc2ccc(OC)cc2)c2ncc(-c3nc(N4CCOCC4)nc4c3CCN4C(=O)Nc3ccc(C(=O)N4CCN(C)CC4)cc3C)cn2)cc1. The topological polar surface area (TPSA) is 142 Å². The van der Waals surface area contributed by atoms with Crippen molar-refractivity contribution in [1.82, 2.24) is 29.7 Å². The Balaban J connectivity index is 1.06. The molecule has 15 nitrogen and oxygen atoms in total. The third-order valence-corrected chi connectivity index (χ3v) is 11.1. The Hall–Kier alpha value is -6.32. The zero-order chi connectivity index (χ0) is 40.9. The summed E-state index contributed by atoms with van der Waals surface area (Å²) in [6.07, 6.45) is 4.17. The number of carbonyl (C=O) groups is 2. The third kappa shape index (κ3) is 8.91. The minimum absolute atomic E-state index is 0.00613. The summed E-state index contributed by atoms with van der Waals surface area (Å²) >= 11 is 0. The number of aryl methyl sites for hydroxylation is 1. The molecule has 306 valence electrons. The quantitative estimate of drug-likeness (QED) is 0.186. The summed E-state index contributed by atoms with van der Waals surface area (Å²) in [6.45, 7) is 8.93. The van der Waals surface area contributed by atoms with Crippen molar-refractivity contribution < 1.29 is 23.8 Å². The first-order valence-corrected chi connectivity index (χ1v) is 20.0. The van der Waals surface area contributed by atoms with Gasteiger partial charge in [-0.15, -0.1) is 0 Å². The molecule has 1 N–H and O–H groups in total. The van der Waals surface area contributed by atoms with Gasteiger partial charge in [-0.1, -0.05) is 24.3 Å². The smallest absolute Gasteiger partial charge is 0.327 e. The number of rotatable bonds is 11. The van der Waals surface area contributed by atoms with Gasteiger partial charge in [0.05, 0.1) is 33.1 Å². The highest BCUT2D eigenvalue weighted by Gasteiger charge is 2.32. The number of benzene rings is 3. The maximum atomic E-state index is 14.1. The second-order valence-electron chi connectivity index (χ2n) is 15.1. The lowest BCUT2D eigenvalue weighted by atomic mass is 10.1. The first-order valence-electron chi connectivity index (χ1n) is 20.0. The van der Waals surface area contributed by atoms with Gasteiger partial charge in [0.25, 0.3) is 5.91 Å². The molecule has 0 saturated carbocycles. The molecule has 2 fully saturated rings. The minimum atomic E-state index is -0.304. The molecule has 0 bridgehead atoms. The third-order valence-electron chi connectivity index (χ3n) is 11.1. The highest BCUT2D eigenvalue weighted by atomic mass is 16.5. The lowest BCUT2D eigenvalue weighted by Gasteiger charge is -2.32. The Bertz CT molecular complexity index is 2210. The molecule has 2 aromatic heterocycles. The fourth-order valence-corrected chi connectivity index (χ4v) is 7.60. The van der Waals surface area contributed by atoms with Crippen molar-refractivity contribution in [1.29, 1.82) is 0 Å². The summed E-state index contributed by atoms with van der Waals surface area (Å²) in [4.78, 5) is 57.2. The van der Waals surface area contributed by atoms with E-state index in [1.807, 2.05) is 72.5 Å². The highest BCUT2D eigenvalue weighted by Crippen LogP contribution is 2.36. The van der Waals surface area contributed by atoms with Gasteiger partial charge in [-0.25, -0.2) is 19.7 Å². The van der Waals surface area contributed by atoms with Crippen molar-refractivity contribution in [3.8, 4) is 22.8 Å². The molecule has 0 aliphatic carbocycles. The first kappa shape index (κ1) is 39.5. The van der Waals surface area contributed by atoms with Gasteiger partial charge in [0.1, 0.15) is 17.3 Å². The number of nitrogens with one attached hydrogen (secondary N) is 1. The number of ether oxygens (including phenoxy) is 3. The molecule has 8 rings (SSSR count). The summed E-state index contributed by atoms with van der Waals surface area (Å²) in [7, 11) is 5.38. The average Bonchev–Trinajstić information content (AvgIpc) is 3.72. The van der Waals surface area contributed by atoms with Crippen LogP contribution in [0.2, 0.25) is 0 Å². The van der Waals surface area contributed by atoms with Crippen LogP contribution in [0.25, 0.3) is 11.3 Å². The van der Waals surface area contributed by atoms with Crippen LogP contribution in [-0.2, 0) is 24.2 Å². The van der Waals surface area contributed by atoms with Crippen molar-refractivity contribution in [2.45, 2.75) is 26.4 Å². The largest absolute Gasteiger partial charge is 0.497 e. The lowest BCUT2D eigenvalue weighted by molar-refractivity contribution is 0.0664. The molecule has 2 saturated heterocycles. The van der Waals surface area contributed by atoms with E-state index >= 15 is 0 Å². The van der Waals surface area contributed by atoms with Crippen LogP contribution < -0.4 is 29.5 Å². The molecule has 0 atom stereocenters. The summed E-state index contributed by atoms with van der Waals surface area (Å²) in [6, 6.07) is 21.1. The number of hydrogen-bond donors (Lipinski definition) is 1. The summed E-state index contributed by atoms with van der Waals surface area (Å²) in [5.41, 5.74) is 6.50. The summed E-state index contributed by atoms with van der Waals surface area (Å²) in [5, 5.41) is 3.09. The molecule has 5 heterocycles. The van der Waals surface area contributed by atoms with Crippen molar-refractivity contribution >= 4 is 35.3 Å². The number of morpholine rings is 1. The van der Waals surface area contributed by atoms with Crippen LogP contribution in [0.1, 0.15) is 32.6 Å². The van der Waals surface area contributed by atoms with E-state index < -0.39 is 0 Å². The number of fused-ring (bicyclic) bond motifs is 1. The Morgan fingerprint density at radius 1 is 0.797 bits per heavy atom. The fraction of sp³-hybridized carbons (Fsp3) is 0.364. The van der Waals surface area contributed by atoms with E-state index in [0.717, 1.165) is 52.4 Å². The number of hydrogen-bond acceptors (Lipinski definition) is 12. The number of piperazine rings is 1. The number of anilines is 4. The number of likely N-dealkylation sites (N-methyl/N-ethyl adjacent to an activating group) is 1. The van der Waals surface area contributed by atoms with Crippen LogP contribution in [-0.4, -0.2) is 122 Å². The zero-order valence-corrected chi connectivity index (χ0v) is 34.1. The molecule has 0 unspecified atom stereocenters. The second kappa shape index (κ2) is 17.7. The Kier molecular flexibility index (Phi) is 11.8. The van der Waals surface area contributed by atoms with Crippen LogP contribution in [0.5, 0.6) is 11.5 Å². The zero-order valence-electron chi connectivity index (χ0n) is 34.1. The summed E-state index contributed by atoms with van der Waals surface area (Å²) in [5.74, 6) is 3.23. The molecule has 3 amide bonds. The van der Waals surface area contributed by atoms with Gasteiger partial charge < -0.3 is 39.1 Å². The van der Waals surface area contributed by atoms with Gasteiger partial charge in [0, 0.05) is 93.7 Å².